The summed E-state index contributed by atoms with van der Waals surface area (Å²) in [5.41, 5.74) is 0.221. The van der Waals surface area contributed by atoms with Gasteiger partial charge < -0.3 is 15.1 Å². The number of piperidine rings is 1. The van der Waals surface area contributed by atoms with Crippen molar-refractivity contribution in [2.45, 2.75) is 31.9 Å². The first kappa shape index (κ1) is 20.9. The van der Waals surface area contributed by atoms with Gasteiger partial charge >= 0.3 is 6.18 Å². The van der Waals surface area contributed by atoms with Crippen LogP contribution in [0, 0.1) is 0 Å². The van der Waals surface area contributed by atoms with Crippen molar-refractivity contribution < 1.29 is 18.0 Å². The van der Waals surface area contributed by atoms with Crippen LogP contribution in [0.25, 0.3) is 0 Å². The van der Waals surface area contributed by atoms with Gasteiger partial charge in [0, 0.05) is 27.2 Å². The summed E-state index contributed by atoms with van der Waals surface area (Å²) in [6, 6.07) is 4.57. The third kappa shape index (κ3) is 5.36. The monoisotopic (exact) mass is 407 g/mol. The minimum absolute atomic E-state index is 0.0428. The molecule has 2 aromatic rings. The maximum atomic E-state index is 12.7. The Labute approximate surface area is 167 Å². The number of aromatic nitrogens is 2. The molecule has 156 valence electrons. The Morgan fingerprint density at radius 1 is 1.14 bits per heavy atom. The highest BCUT2D eigenvalue weighted by atomic mass is 19.4. The van der Waals surface area contributed by atoms with Gasteiger partial charge in [-0.1, -0.05) is 12.1 Å². The smallest absolute Gasteiger partial charge is 0.361 e. The second-order valence-corrected chi connectivity index (χ2v) is 7.27. The van der Waals surface area contributed by atoms with Crippen molar-refractivity contribution in [2.75, 3.05) is 42.3 Å². The fourth-order valence-corrected chi connectivity index (χ4v) is 3.23. The number of carbonyl (C=O) groups is 1. The van der Waals surface area contributed by atoms with E-state index in [2.05, 4.69) is 20.2 Å². The average Bonchev–Trinajstić information content (AvgIpc) is 2.68. The van der Waals surface area contributed by atoms with Crippen LogP contribution in [-0.2, 0) is 17.4 Å². The van der Waals surface area contributed by atoms with Crippen LogP contribution >= 0.6 is 0 Å². The zero-order valence-corrected chi connectivity index (χ0v) is 16.5. The first-order valence-electron chi connectivity index (χ1n) is 9.49. The van der Waals surface area contributed by atoms with Gasteiger partial charge in [0.15, 0.2) is 5.82 Å². The van der Waals surface area contributed by atoms with E-state index >= 15 is 0 Å². The van der Waals surface area contributed by atoms with E-state index in [0.717, 1.165) is 38.1 Å². The van der Waals surface area contributed by atoms with E-state index in [9.17, 15) is 18.0 Å². The summed E-state index contributed by atoms with van der Waals surface area (Å²) in [5, 5.41) is 2.77. The molecule has 1 amide bonds. The largest absolute Gasteiger partial charge is 0.416 e. The van der Waals surface area contributed by atoms with Crippen molar-refractivity contribution in [1.29, 1.82) is 0 Å². The molecule has 6 nitrogen and oxygen atoms in total. The first-order valence-corrected chi connectivity index (χ1v) is 9.49. The van der Waals surface area contributed by atoms with Crippen LogP contribution in [0.5, 0.6) is 0 Å². The third-order valence-electron chi connectivity index (χ3n) is 4.74. The van der Waals surface area contributed by atoms with Crippen LogP contribution in [0.1, 0.15) is 30.4 Å². The number of hydrogen-bond acceptors (Lipinski definition) is 5. The number of benzene rings is 1. The Morgan fingerprint density at radius 2 is 1.79 bits per heavy atom. The normalized spacial score (nSPS) is 14.6. The zero-order valence-electron chi connectivity index (χ0n) is 16.5. The predicted octanol–water partition coefficient (Wildman–Crippen LogP) is 3.73. The second-order valence-electron chi connectivity index (χ2n) is 7.27. The molecule has 1 aromatic heterocycles. The maximum absolute atomic E-state index is 12.7. The van der Waals surface area contributed by atoms with E-state index < -0.39 is 11.7 Å². The summed E-state index contributed by atoms with van der Waals surface area (Å²) in [4.78, 5) is 25.3. The molecule has 0 atom stereocenters. The molecular weight excluding hydrogens is 383 g/mol. The SMILES string of the molecule is CN(C)c1nc(N2CCCCC2)ncc1NC(=O)Cc1ccc(C(F)(F)F)cc1. The number of amides is 1. The van der Waals surface area contributed by atoms with E-state index in [1.807, 2.05) is 14.1 Å². The number of nitrogens with zero attached hydrogens (tertiary/aromatic N) is 4. The van der Waals surface area contributed by atoms with Gasteiger partial charge in [0.1, 0.15) is 5.69 Å². The van der Waals surface area contributed by atoms with Crippen molar-refractivity contribution in [3.63, 3.8) is 0 Å². The number of anilines is 3. The summed E-state index contributed by atoms with van der Waals surface area (Å²) in [6.07, 6.45) is 0.554. The van der Waals surface area contributed by atoms with Crippen LogP contribution in [-0.4, -0.2) is 43.1 Å². The lowest BCUT2D eigenvalue weighted by molar-refractivity contribution is -0.137. The van der Waals surface area contributed by atoms with Gasteiger partial charge in [0.2, 0.25) is 11.9 Å². The van der Waals surface area contributed by atoms with Crippen molar-refractivity contribution in [2.24, 2.45) is 0 Å². The molecule has 1 saturated heterocycles. The predicted molar refractivity (Wildman–Crippen MR) is 106 cm³/mol. The first-order chi connectivity index (χ1) is 13.7. The second kappa shape index (κ2) is 8.67. The van der Waals surface area contributed by atoms with Gasteiger partial charge in [-0.15, -0.1) is 0 Å². The molecule has 1 aliphatic rings. The van der Waals surface area contributed by atoms with Crippen LogP contribution in [0.2, 0.25) is 0 Å². The minimum atomic E-state index is -4.39. The Hall–Kier alpha value is -2.84. The van der Waals surface area contributed by atoms with Crippen molar-refractivity contribution in [3.8, 4) is 0 Å². The Balaban J connectivity index is 1.70. The summed E-state index contributed by atoms with van der Waals surface area (Å²) in [6.45, 7) is 1.82. The van der Waals surface area contributed by atoms with E-state index in [0.29, 0.717) is 23.0 Å². The molecule has 0 unspecified atom stereocenters. The molecule has 0 saturated carbocycles. The molecule has 0 spiro atoms. The van der Waals surface area contributed by atoms with Crippen LogP contribution < -0.4 is 15.1 Å². The number of carbonyl (C=O) groups excluding carboxylic acids is 1. The van der Waals surface area contributed by atoms with Gasteiger partial charge in [-0.05, 0) is 37.0 Å². The summed E-state index contributed by atoms with van der Waals surface area (Å²) < 4.78 is 38.0. The van der Waals surface area contributed by atoms with Crippen LogP contribution in [0.3, 0.4) is 0 Å². The fourth-order valence-electron chi connectivity index (χ4n) is 3.23. The summed E-state index contributed by atoms with van der Waals surface area (Å²) >= 11 is 0. The highest BCUT2D eigenvalue weighted by Crippen LogP contribution is 2.29. The molecule has 2 heterocycles. The molecule has 1 fully saturated rings. The Kier molecular flexibility index (Phi) is 6.24. The molecule has 0 bridgehead atoms. The maximum Gasteiger partial charge on any atom is 0.416 e. The van der Waals surface area contributed by atoms with Crippen molar-refractivity contribution >= 4 is 23.4 Å². The number of alkyl halides is 3. The van der Waals surface area contributed by atoms with Gasteiger partial charge in [0.25, 0.3) is 0 Å². The lowest BCUT2D eigenvalue weighted by Gasteiger charge is -2.28. The quantitative estimate of drug-likeness (QED) is 0.818. The molecular formula is C20H24F3N5O. The highest BCUT2D eigenvalue weighted by molar-refractivity contribution is 5.94. The number of halogens is 3. The molecule has 29 heavy (non-hydrogen) atoms. The number of nitrogens with one attached hydrogen (secondary N) is 1. The molecule has 0 aliphatic carbocycles. The standard InChI is InChI=1S/C20H24F3N5O/c1-27(2)18-16(13-24-19(26-18)28-10-4-3-5-11-28)25-17(29)12-14-6-8-15(9-7-14)20(21,22)23/h6-9,13H,3-5,10-12H2,1-2H3,(H,25,29). The molecule has 1 N–H and O–H groups in total. The summed E-state index contributed by atoms with van der Waals surface area (Å²) in [7, 11) is 3.65. The van der Waals surface area contributed by atoms with E-state index in [1.165, 1.54) is 18.6 Å². The lowest BCUT2D eigenvalue weighted by Crippen LogP contribution is -2.31. The van der Waals surface area contributed by atoms with Gasteiger partial charge in [0.05, 0.1) is 18.2 Å². The topological polar surface area (TPSA) is 61.4 Å². The van der Waals surface area contributed by atoms with Gasteiger partial charge in [-0.3, -0.25) is 4.79 Å². The molecule has 0 radical (unpaired) electrons. The van der Waals surface area contributed by atoms with E-state index in [-0.39, 0.29) is 12.3 Å². The number of hydrogen-bond donors (Lipinski definition) is 1. The van der Waals surface area contributed by atoms with E-state index in [4.69, 9.17) is 0 Å². The molecule has 1 aliphatic heterocycles. The van der Waals surface area contributed by atoms with Crippen molar-refractivity contribution in [3.05, 3.63) is 41.6 Å². The van der Waals surface area contributed by atoms with Gasteiger partial charge in [-0.25, -0.2) is 4.98 Å². The molecule has 9 heteroatoms. The average molecular weight is 407 g/mol. The molecule has 3 rings (SSSR count). The highest BCUT2D eigenvalue weighted by Gasteiger charge is 2.30. The van der Waals surface area contributed by atoms with Crippen LogP contribution in [0.15, 0.2) is 30.5 Å². The van der Waals surface area contributed by atoms with Crippen molar-refractivity contribution in [1.82, 2.24) is 9.97 Å². The Morgan fingerprint density at radius 3 is 2.38 bits per heavy atom. The van der Waals surface area contributed by atoms with E-state index in [1.54, 1.807) is 11.1 Å². The molecule has 1 aromatic carbocycles. The lowest BCUT2D eigenvalue weighted by atomic mass is 10.1. The summed E-state index contributed by atoms with van der Waals surface area (Å²) in [5.74, 6) is 0.873. The van der Waals surface area contributed by atoms with Gasteiger partial charge in [-0.2, -0.15) is 18.2 Å². The Bertz CT molecular complexity index is 846. The third-order valence-corrected chi connectivity index (χ3v) is 4.74. The zero-order chi connectivity index (χ0) is 21.0. The minimum Gasteiger partial charge on any atom is -0.361 e. The number of rotatable bonds is 5. The fraction of sp³-hybridized carbons (Fsp3) is 0.450. The van der Waals surface area contributed by atoms with Crippen LogP contribution in [0.4, 0.5) is 30.6 Å².